The van der Waals surface area contributed by atoms with Gasteiger partial charge in [0.05, 0.1) is 5.41 Å². The number of carboxylic acid groups (broad SMARTS) is 1. The predicted molar refractivity (Wildman–Crippen MR) is 92.5 cm³/mol. The molecule has 0 spiro atoms. The fourth-order valence-electron chi connectivity index (χ4n) is 5.65. The van der Waals surface area contributed by atoms with Gasteiger partial charge in [0.2, 0.25) is 0 Å². The van der Waals surface area contributed by atoms with Crippen LogP contribution in [0, 0.1) is 22.7 Å². The second-order valence-electron chi connectivity index (χ2n) is 8.94. The third kappa shape index (κ3) is 2.46. The fraction of sp³-hybridized carbons (Fsp3) is 0.750. The number of aliphatic carboxylic acids is 1. The van der Waals surface area contributed by atoms with E-state index in [9.17, 15) is 15.2 Å². The van der Waals surface area contributed by atoms with Gasteiger partial charge < -0.3 is 5.11 Å². The zero-order valence-electron chi connectivity index (χ0n) is 15.3. The van der Waals surface area contributed by atoms with Gasteiger partial charge in [0, 0.05) is 0 Å². The average Bonchev–Trinajstić information content (AvgIpc) is 2.54. The summed E-state index contributed by atoms with van der Waals surface area (Å²) in [5, 5.41) is 19.0. The van der Waals surface area contributed by atoms with E-state index in [1.807, 2.05) is 20.8 Å². The number of fused-ring (bicyclic) bond motifs is 3. The van der Waals surface area contributed by atoms with Crippen LogP contribution in [-0.4, -0.2) is 21.9 Å². The van der Waals surface area contributed by atoms with Gasteiger partial charge in [0.1, 0.15) is 5.60 Å². The van der Waals surface area contributed by atoms with Gasteiger partial charge in [-0.25, -0.2) is 4.89 Å². The lowest BCUT2D eigenvalue weighted by Gasteiger charge is -2.57. The molecule has 0 aliphatic heterocycles. The van der Waals surface area contributed by atoms with E-state index in [0.29, 0.717) is 5.92 Å². The van der Waals surface area contributed by atoms with Crippen molar-refractivity contribution in [2.24, 2.45) is 22.7 Å². The monoisotopic (exact) mass is 334 g/mol. The molecule has 4 nitrogen and oxygen atoms in total. The quantitative estimate of drug-likeness (QED) is 0.573. The Morgan fingerprint density at radius 3 is 2.67 bits per heavy atom. The van der Waals surface area contributed by atoms with Crippen LogP contribution in [0.1, 0.15) is 66.2 Å². The van der Waals surface area contributed by atoms with Crippen LogP contribution in [0.25, 0.3) is 0 Å². The van der Waals surface area contributed by atoms with Crippen LogP contribution in [0.5, 0.6) is 0 Å². The van der Waals surface area contributed by atoms with Gasteiger partial charge in [-0.15, -0.1) is 0 Å². The van der Waals surface area contributed by atoms with Crippen LogP contribution in [-0.2, 0) is 9.68 Å². The first-order valence-corrected chi connectivity index (χ1v) is 9.12. The van der Waals surface area contributed by atoms with Crippen molar-refractivity contribution in [1.29, 1.82) is 0 Å². The number of hydrogen-bond acceptors (Lipinski definition) is 3. The maximum atomic E-state index is 12.0. The molecule has 4 atom stereocenters. The first kappa shape index (κ1) is 17.7. The SMILES string of the molecule is CC(C)(OO)C1=CC2=CCC3C(C)(C(=O)O)CCCC3(C)C2CC1. The van der Waals surface area contributed by atoms with Crippen molar-refractivity contribution >= 4 is 5.97 Å². The van der Waals surface area contributed by atoms with Crippen LogP contribution >= 0.6 is 0 Å². The van der Waals surface area contributed by atoms with Gasteiger partial charge >= 0.3 is 5.97 Å². The highest BCUT2D eigenvalue weighted by molar-refractivity contribution is 5.75. The summed E-state index contributed by atoms with van der Waals surface area (Å²) < 4.78 is 0. The summed E-state index contributed by atoms with van der Waals surface area (Å²) in [6, 6.07) is 0. The van der Waals surface area contributed by atoms with Crippen molar-refractivity contribution in [2.75, 3.05) is 0 Å². The third-order valence-corrected chi connectivity index (χ3v) is 7.30. The molecule has 1 saturated carbocycles. The van der Waals surface area contributed by atoms with Crippen LogP contribution in [0.2, 0.25) is 0 Å². The maximum Gasteiger partial charge on any atom is 0.309 e. The summed E-state index contributed by atoms with van der Waals surface area (Å²) in [6.45, 7) is 8.02. The molecule has 4 unspecified atom stereocenters. The van der Waals surface area contributed by atoms with Crippen LogP contribution in [0.15, 0.2) is 23.3 Å². The molecule has 0 heterocycles. The first-order chi connectivity index (χ1) is 11.1. The molecule has 0 bridgehead atoms. The van der Waals surface area contributed by atoms with E-state index in [1.165, 1.54) is 5.57 Å². The Morgan fingerprint density at radius 2 is 2.04 bits per heavy atom. The van der Waals surface area contributed by atoms with Crippen molar-refractivity contribution in [1.82, 2.24) is 0 Å². The minimum atomic E-state index is -0.661. The summed E-state index contributed by atoms with van der Waals surface area (Å²) in [5.41, 5.74) is 1.20. The molecule has 1 fully saturated rings. The summed E-state index contributed by atoms with van der Waals surface area (Å²) in [4.78, 5) is 16.7. The van der Waals surface area contributed by atoms with E-state index in [4.69, 9.17) is 0 Å². The third-order valence-electron chi connectivity index (χ3n) is 7.30. The Morgan fingerprint density at radius 1 is 1.33 bits per heavy atom. The average molecular weight is 334 g/mol. The Labute approximate surface area is 144 Å². The van der Waals surface area contributed by atoms with Crippen molar-refractivity contribution < 1.29 is 20.0 Å². The normalized spacial score (nSPS) is 39.4. The summed E-state index contributed by atoms with van der Waals surface area (Å²) in [5.74, 6) is -0.0346. The Kier molecular flexibility index (Phi) is 4.20. The van der Waals surface area contributed by atoms with E-state index in [-0.39, 0.29) is 11.3 Å². The Balaban J connectivity index is 1.99. The molecule has 0 aromatic heterocycles. The van der Waals surface area contributed by atoms with Crippen molar-refractivity contribution in [3.63, 3.8) is 0 Å². The summed E-state index contributed by atoms with van der Waals surface area (Å²) in [6.07, 6.45) is 10.0. The lowest BCUT2D eigenvalue weighted by atomic mass is 9.47. The number of hydrogen-bond donors (Lipinski definition) is 2. The molecule has 3 rings (SSSR count). The van der Waals surface area contributed by atoms with Gasteiger partial charge in [0.15, 0.2) is 0 Å². The molecule has 134 valence electrons. The molecule has 24 heavy (non-hydrogen) atoms. The fourth-order valence-corrected chi connectivity index (χ4v) is 5.65. The van der Waals surface area contributed by atoms with Crippen molar-refractivity contribution in [3.8, 4) is 0 Å². The standard InChI is InChI=1S/C20H30O4/c1-18(2,24-23)14-7-8-15-13(12-14)6-9-16-19(15,3)10-5-11-20(16,4)17(21)22/h6,12,15-16,23H,5,7-11H2,1-4H3,(H,21,22). The predicted octanol–water partition coefficient (Wildman–Crippen LogP) is 4.82. The van der Waals surface area contributed by atoms with E-state index in [0.717, 1.165) is 44.1 Å². The minimum Gasteiger partial charge on any atom is -0.481 e. The van der Waals surface area contributed by atoms with Gasteiger partial charge in [-0.05, 0) is 81.3 Å². The van der Waals surface area contributed by atoms with Crippen LogP contribution in [0.3, 0.4) is 0 Å². The molecule has 0 radical (unpaired) electrons. The summed E-state index contributed by atoms with van der Waals surface area (Å²) >= 11 is 0. The molecule has 3 aliphatic carbocycles. The summed E-state index contributed by atoms with van der Waals surface area (Å²) in [7, 11) is 0. The smallest absolute Gasteiger partial charge is 0.309 e. The van der Waals surface area contributed by atoms with Crippen LogP contribution in [0.4, 0.5) is 0 Å². The molecule has 2 N–H and O–H groups in total. The van der Waals surface area contributed by atoms with Crippen molar-refractivity contribution in [2.45, 2.75) is 71.8 Å². The Bertz CT molecular complexity index is 603. The van der Waals surface area contributed by atoms with Crippen LogP contribution < -0.4 is 0 Å². The van der Waals surface area contributed by atoms with E-state index < -0.39 is 17.0 Å². The lowest BCUT2D eigenvalue weighted by molar-refractivity contribution is -0.301. The van der Waals surface area contributed by atoms with Gasteiger partial charge in [-0.1, -0.05) is 25.5 Å². The second kappa shape index (κ2) is 5.70. The van der Waals surface area contributed by atoms with E-state index >= 15 is 0 Å². The number of carbonyl (C=O) groups is 1. The highest BCUT2D eigenvalue weighted by Gasteiger charge is 2.57. The molecule has 0 aromatic rings. The van der Waals surface area contributed by atoms with Gasteiger partial charge in [0.25, 0.3) is 0 Å². The number of carboxylic acids is 1. The molecular weight excluding hydrogens is 304 g/mol. The number of allylic oxidation sites excluding steroid dienone is 3. The molecular formula is C20H30O4. The number of rotatable bonds is 3. The zero-order valence-corrected chi connectivity index (χ0v) is 15.3. The topological polar surface area (TPSA) is 66.8 Å². The maximum absolute atomic E-state index is 12.0. The molecule has 3 aliphatic rings. The highest BCUT2D eigenvalue weighted by Crippen LogP contribution is 2.62. The highest BCUT2D eigenvalue weighted by atomic mass is 17.1. The van der Waals surface area contributed by atoms with Gasteiger partial charge in [-0.3, -0.25) is 10.1 Å². The molecule has 0 amide bonds. The minimum absolute atomic E-state index is 0.0434. The second-order valence-corrected chi connectivity index (χ2v) is 8.94. The molecule has 0 aromatic carbocycles. The van der Waals surface area contributed by atoms with Crippen molar-refractivity contribution in [3.05, 3.63) is 23.3 Å². The zero-order chi connectivity index (χ0) is 17.8. The lowest BCUT2D eigenvalue weighted by Crippen LogP contribution is -2.53. The Hall–Kier alpha value is -1.13. The largest absolute Gasteiger partial charge is 0.481 e. The van der Waals surface area contributed by atoms with E-state index in [2.05, 4.69) is 24.0 Å². The van der Waals surface area contributed by atoms with E-state index in [1.54, 1.807) is 0 Å². The molecule has 0 saturated heterocycles. The first-order valence-electron chi connectivity index (χ1n) is 9.12. The van der Waals surface area contributed by atoms with Gasteiger partial charge in [-0.2, -0.15) is 0 Å². The molecule has 4 heteroatoms.